The molecule has 0 aliphatic rings. The van der Waals surface area contributed by atoms with Crippen molar-refractivity contribution in [1.29, 1.82) is 0 Å². The number of nitrogens with zero attached hydrogens (tertiary/aromatic N) is 2. The van der Waals surface area contributed by atoms with Crippen LogP contribution < -0.4 is 0 Å². The maximum absolute atomic E-state index is 5.62. The molecule has 1 N–H and O–H groups in total. The Morgan fingerprint density at radius 1 is 1.32 bits per heavy atom. The third kappa shape index (κ3) is 2.10. The molecule has 2 heterocycles. The van der Waals surface area contributed by atoms with Gasteiger partial charge in [0.25, 0.3) is 0 Å². The van der Waals surface area contributed by atoms with Gasteiger partial charge in [-0.3, -0.25) is 0 Å². The number of benzene rings is 1. The minimum atomic E-state index is 0.552. The minimum absolute atomic E-state index is 0.552. The van der Waals surface area contributed by atoms with Gasteiger partial charge in [-0.1, -0.05) is 6.07 Å². The molecule has 0 bridgehead atoms. The molecule has 3 aromatic rings. The standard InChI is InChI=1S/C14H15N3OS/c1-8-4-5-12-11(6-8)16-14(19)17(12)7-13-15-9(2)10(3)18-13/h4-6H,7H2,1-3H3,(H,16,19). The summed E-state index contributed by atoms with van der Waals surface area (Å²) in [7, 11) is 0. The number of nitrogens with one attached hydrogen (secondary N) is 1. The van der Waals surface area contributed by atoms with Crippen LogP contribution in [0.3, 0.4) is 0 Å². The van der Waals surface area contributed by atoms with Crippen molar-refractivity contribution in [2.75, 3.05) is 0 Å². The molecule has 0 amide bonds. The Bertz CT molecular complexity index is 790. The van der Waals surface area contributed by atoms with Gasteiger partial charge in [-0.2, -0.15) is 0 Å². The van der Waals surface area contributed by atoms with Crippen LogP contribution in [0, 0.1) is 25.5 Å². The van der Waals surface area contributed by atoms with Gasteiger partial charge in [0.05, 0.1) is 16.7 Å². The third-order valence-electron chi connectivity index (χ3n) is 3.30. The first-order valence-corrected chi connectivity index (χ1v) is 6.57. The maximum Gasteiger partial charge on any atom is 0.214 e. The molecule has 0 fully saturated rings. The second-order valence-corrected chi connectivity index (χ2v) is 5.17. The van der Waals surface area contributed by atoms with Crippen LogP contribution in [0.4, 0.5) is 0 Å². The van der Waals surface area contributed by atoms with Crippen LogP contribution in [-0.2, 0) is 6.54 Å². The van der Waals surface area contributed by atoms with E-state index in [1.807, 2.05) is 18.4 Å². The van der Waals surface area contributed by atoms with Crippen LogP contribution in [0.1, 0.15) is 22.9 Å². The topological polar surface area (TPSA) is 46.8 Å². The molecule has 3 rings (SSSR count). The Hall–Kier alpha value is -1.88. The molecule has 0 saturated carbocycles. The lowest BCUT2D eigenvalue weighted by Crippen LogP contribution is -1.99. The largest absolute Gasteiger partial charge is 0.444 e. The van der Waals surface area contributed by atoms with E-state index in [1.165, 1.54) is 5.56 Å². The number of hydrogen-bond donors (Lipinski definition) is 1. The molecule has 2 aromatic heterocycles. The molecular formula is C14H15N3OS. The summed E-state index contributed by atoms with van der Waals surface area (Å²) < 4.78 is 8.32. The second kappa shape index (κ2) is 4.35. The third-order valence-corrected chi connectivity index (χ3v) is 3.62. The van der Waals surface area contributed by atoms with E-state index >= 15 is 0 Å². The predicted molar refractivity (Wildman–Crippen MR) is 76.9 cm³/mol. The average molecular weight is 273 g/mol. The lowest BCUT2D eigenvalue weighted by Gasteiger charge is -2.01. The van der Waals surface area contributed by atoms with E-state index in [0.717, 1.165) is 22.5 Å². The van der Waals surface area contributed by atoms with Gasteiger partial charge in [-0.15, -0.1) is 0 Å². The van der Waals surface area contributed by atoms with Crippen LogP contribution in [0.25, 0.3) is 11.0 Å². The number of H-pyrrole nitrogens is 1. The minimum Gasteiger partial charge on any atom is -0.444 e. The van der Waals surface area contributed by atoms with Gasteiger partial charge in [-0.25, -0.2) is 4.98 Å². The molecule has 0 aliphatic heterocycles. The number of oxazole rings is 1. The van der Waals surface area contributed by atoms with Gasteiger partial charge in [0.2, 0.25) is 5.89 Å². The molecule has 0 atom stereocenters. The van der Waals surface area contributed by atoms with Crippen molar-refractivity contribution in [3.8, 4) is 0 Å². The molecule has 5 heteroatoms. The Labute approximate surface area is 116 Å². The molecule has 0 aliphatic carbocycles. The number of aromatic amines is 1. The normalized spacial score (nSPS) is 11.3. The molecule has 0 spiro atoms. The van der Waals surface area contributed by atoms with Crippen molar-refractivity contribution in [2.24, 2.45) is 0 Å². The van der Waals surface area contributed by atoms with Crippen molar-refractivity contribution >= 4 is 23.3 Å². The fourth-order valence-electron chi connectivity index (χ4n) is 2.18. The first-order chi connectivity index (χ1) is 9.04. The SMILES string of the molecule is Cc1ccc2c(c1)[nH]c(=S)n2Cc1nc(C)c(C)o1. The van der Waals surface area contributed by atoms with Crippen molar-refractivity contribution in [3.05, 3.63) is 45.9 Å². The zero-order valence-corrected chi connectivity index (χ0v) is 12.0. The molecular weight excluding hydrogens is 258 g/mol. The molecule has 0 unspecified atom stereocenters. The van der Waals surface area contributed by atoms with E-state index in [-0.39, 0.29) is 0 Å². The Morgan fingerprint density at radius 3 is 2.79 bits per heavy atom. The van der Waals surface area contributed by atoms with Crippen LogP contribution in [0.15, 0.2) is 22.6 Å². The molecule has 4 nitrogen and oxygen atoms in total. The van der Waals surface area contributed by atoms with E-state index < -0.39 is 0 Å². The molecule has 0 radical (unpaired) electrons. The molecule has 0 saturated heterocycles. The summed E-state index contributed by atoms with van der Waals surface area (Å²) in [6.45, 7) is 6.48. The Balaban J connectivity index is 2.10. The van der Waals surface area contributed by atoms with Crippen molar-refractivity contribution in [1.82, 2.24) is 14.5 Å². The first kappa shape index (κ1) is 12.2. The van der Waals surface area contributed by atoms with E-state index in [9.17, 15) is 0 Å². The quantitative estimate of drug-likeness (QED) is 0.725. The highest BCUT2D eigenvalue weighted by atomic mass is 32.1. The number of imidazole rings is 1. The lowest BCUT2D eigenvalue weighted by molar-refractivity contribution is 0.458. The molecule has 19 heavy (non-hydrogen) atoms. The Kier molecular flexibility index (Phi) is 2.78. The number of aromatic nitrogens is 3. The first-order valence-electron chi connectivity index (χ1n) is 6.16. The number of rotatable bonds is 2. The highest BCUT2D eigenvalue weighted by molar-refractivity contribution is 7.71. The van der Waals surface area contributed by atoms with Gasteiger partial charge in [0.15, 0.2) is 4.77 Å². The van der Waals surface area contributed by atoms with E-state index in [1.54, 1.807) is 0 Å². The van der Waals surface area contributed by atoms with Gasteiger partial charge in [-0.05, 0) is 50.7 Å². The van der Waals surface area contributed by atoms with Crippen LogP contribution >= 0.6 is 12.2 Å². The number of aryl methyl sites for hydroxylation is 3. The Morgan fingerprint density at radius 2 is 2.11 bits per heavy atom. The number of hydrogen-bond acceptors (Lipinski definition) is 3. The maximum atomic E-state index is 5.62. The van der Waals surface area contributed by atoms with E-state index in [4.69, 9.17) is 16.6 Å². The van der Waals surface area contributed by atoms with Crippen LogP contribution in [0.5, 0.6) is 0 Å². The zero-order valence-electron chi connectivity index (χ0n) is 11.2. The van der Waals surface area contributed by atoms with Crippen molar-refractivity contribution in [3.63, 3.8) is 0 Å². The predicted octanol–water partition coefficient (Wildman–Crippen LogP) is 3.66. The highest BCUT2D eigenvalue weighted by Gasteiger charge is 2.10. The average Bonchev–Trinajstić information content (AvgIpc) is 2.81. The molecule has 1 aromatic carbocycles. The summed E-state index contributed by atoms with van der Waals surface area (Å²) >= 11 is 5.37. The fourth-order valence-corrected chi connectivity index (χ4v) is 2.45. The van der Waals surface area contributed by atoms with E-state index in [2.05, 4.69) is 35.1 Å². The monoisotopic (exact) mass is 273 g/mol. The zero-order chi connectivity index (χ0) is 13.6. The summed E-state index contributed by atoms with van der Waals surface area (Å²) in [6, 6.07) is 6.24. The van der Waals surface area contributed by atoms with Gasteiger partial charge in [0.1, 0.15) is 12.3 Å². The van der Waals surface area contributed by atoms with Crippen molar-refractivity contribution < 1.29 is 4.42 Å². The highest BCUT2D eigenvalue weighted by Crippen LogP contribution is 2.18. The summed E-state index contributed by atoms with van der Waals surface area (Å²) in [6.07, 6.45) is 0. The van der Waals surface area contributed by atoms with Crippen molar-refractivity contribution in [2.45, 2.75) is 27.3 Å². The summed E-state index contributed by atoms with van der Waals surface area (Å²) in [5.41, 5.74) is 4.25. The van der Waals surface area contributed by atoms with Crippen LogP contribution in [0.2, 0.25) is 0 Å². The smallest absolute Gasteiger partial charge is 0.214 e. The van der Waals surface area contributed by atoms with Gasteiger partial charge in [0, 0.05) is 0 Å². The van der Waals surface area contributed by atoms with Gasteiger partial charge < -0.3 is 14.0 Å². The van der Waals surface area contributed by atoms with E-state index in [0.29, 0.717) is 17.2 Å². The summed E-state index contributed by atoms with van der Waals surface area (Å²) in [4.78, 5) is 7.62. The summed E-state index contributed by atoms with van der Waals surface area (Å²) in [5, 5.41) is 0. The fraction of sp³-hybridized carbons (Fsp3) is 0.286. The van der Waals surface area contributed by atoms with Crippen LogP contribution in [-0.4, -0.2) is 14.5 Å². The lowest BCUT2D eigenvalue weighted by atomic mass is 10.2. The second-order valence-electron chi connectivity index (χ2n) is 4.79. The van der Waals surface area contributed by atoms with Gasteiger partial charge >= 0.3 is 0 Å². The number of fused-ring (bicyclic) bond motifs is 1. The summed E-state index contributed by atoms with van der Waals surface area (Å²) in [5.74, 6) is 1.55. The molecule has 98 valence electrons.